The molecule has 1 aromatic heterocycles. The lowest BCUT2D eigenvalue weighted by molar-refractivity contribution is -0.124. The van der Waals surface area contributed by atoms with Crippen LogP contribution in [-0.2, 0) is 11.8 Å². The molecule has 0 aliphatic carbocycles. The predicted molar refractivity (Wildman–Crippen MR) is 58.0 cm³/mol. The molecule has 0 bridgehead atoms. The average Bonchev–Trinajstić information content (AvgIpc) is 2.63. The molecule has 1 aromatic rings. The van der Waals surface area contributed by atoms with Crippen molar-refractivity contribution >= 4 is 5.91 Å². The Morgan fingerprint density at radius 1 is 1.67 bits per heavy atom. The molecule has 15 heavy (non-hydrogen) atoms. The van der Waals surface area contributed by atoms with E-state index < -0.39 is 0 Å². The van der Waals surface area contributed by atoms with E-state index in [4.69, 9.17) is 5.73 Å². The maximum Gasteiger partial charge on any atom is 0.224 e. The molecule has 0 radical (unpaired) electrons. The zero-order chi connectivity index (χ0) is 11.4. The van der Waals surface area contributed by atoms with Crippen molar-refractivity contribution in [2.45, 2.75) is 19.9 Å². The topological polar surface area (TPSA) is 72.9 Å². The number of aryl methyl sites for hydroxylation is 1. The van der Waals surface area contributed by atoms with Gasteiger partial charge < -0.3 is 11.1 Å². The van der Waals surface area contributed by atoms with E-state index in [-0.39, 0.29) is 17.9 Å². The first-order valence-electron chi connectivity index (χ1n) is 5.03. The van der Waals surface area contributed by atoms with Gasteiger partial charge in [0.15, 0.2) is 0 Å². The second-order valence-electron chi connectivity index (χ2n) is 3.81. The summed E-state index contributed by atoms with van der Waals surface area (Å²) in [6.07, 6.45) is 3.64. The zero-order valence-electron chi connectivity index (χ0n) is 9.40. The highest BCUT2D eigenvalue weighted by Crippen LogP contribution is 2.10. The van der Waals surface area contributed by atoms with Gasteiger partial charge in [-0.2, -0.15) is 5.10 Å². The van der Waals surface area contributed by atoms with Gasteiger partial charge in [-0.3, -0.25) is 9.48 Å². The number of nitrogens with zero attached hydrogens (tertiary/aromatic N) is 2. The molecule has 0 aliphatic heterocycles. The lowest BCUT2D eigenvalue weighted by Gasteiger charge is -2.15. The number of amides is 1. The molecule has 1 amide bonds. The lowest BCUT2D eigenvalue weighted by Crippen LogP contribution is -2.34. The standard InChI is InChI=1S/C10H18N4O/c1-7(4-11)10(15)13-8(2)9-5-12-14(3)6-9/h5-8H,4,11H2,1-3H3,(H,13,15). The van der Waals surface area contributed by atoms with E-state index in [1.807, 2.05) is 27.1 Å². The number of nitrogens with one attached hydrogen (secondary N) is 1. The monoisotopic (exact) mass is 210 g/mol. The summed E-state index contributed by atoms with van der Waals surface area (Å²) in [5, 5.41) is 6.94. The molecular weight excluding hydrogens is 192 g/mol. The van der Waals surface area contributed by atoms with Gasteiger partial charge in [0, 0.05) is 31.3 Å². The fourth-order valence-electron chi connectivity index (χ4n) is 1.21. The molecular formula is C10H18N4O. The van der Waals surface area contributed by atoms with Gasteiger partial charge in [0.1, 0.15) is 0 Å². The van der Waals surface area contributed by atoms with Crippen molar-refractivity contribution in [1.29, 1.82) is 0 Å². The molecule has 0 aliphatic rings. The van der Waals surface area contributed by atoms with E-state index in [9.17, 15) is 4.79 Å². The van der Waals surface area contributed by atoms with Crippen LogP contribution in [0, 0.1) is 5.92 Å². The second-order valence-corrected chi connectivity index (χ2v) is 3.81. The van der Waals surface area contributed by atoms with E-state index in [0.717, 1.165) is 5.56 Å². The third-order valence-corrected chi connectivity index (χ3v) is 2.38. The van der Waals surface area contributed by atoms with Crippen molar-refractivity contribution in [1.82, 2.24) is 15.1 Å². The van der Waals surface area contributed by atoms with Crippen LogP contribution >= 0.6 is 0 Å². The van der Waals surface area contributed by atoms with Crippen LogP contribution in [0.3, 0.4) is 0 Å². The SMILES string of the molecule is CC(CN)C(=O)NC(C)c1cnn(C)c1. The third-order valence-electron chi connectivity index (χ3n) is 2.38. The molecule has 0 aromatic carbocycles. The molecule has 0 saturated carbocycles. The van der Waals surface area contributed by atoms with Crippen molar-refractivity contribution < 1.29 is 4.79 Å². The van der Waals surface area contributed by atoms with Crippen LogP contribution in [-0.4, -0.2) is 22.2 Å². The summed E-state index contributed by atoms with van der Waals surface area (Å²) in [6.45, 7) is 4.11. The average molecular weight is 210 g/mol. The van der Waals surface area contributed by atoms with Gasteiger partial charge in [-0.05, 0) is 6.92 Å². The lowest BCUT2D eigenvalue weighted by atomic mass is 10.1. The molecule has 1 rings (SSSR count). The Labute approximate surface area is 89.6 Å². The number of carbonyl (C=O) groups is 1. The largest absolute Gasteiger partial charge is 0.349 e. The summed E-state index contributed by atoms with van der Waals surface area (Å²) in [4.78, 5) is 11.5. The molecule has 84 valence electrons. The number of aromatic nitrogens is 2. The Morgan fingerprint density at radius 3 is 2.80 bits per heavy atom. The molecule has 0 saturated heterocycles. The number of nitrogens with two attached hydrogens (primary N) is 1. The van der Waals surface area contributed by atoms with Gasteiger partial charge in [-0.15, -0.1) is 0 Å². The fourth-order valence-corrected chi connectivity index (χ4v) is 1.21. The van der Waals surface area contributed by atoms with Crippen LogP contribution in [0.5, 0.6) is 0 Å². The highest BCUT2D eigenvalue weighted by atomic mass is 16.1. The Morgan fingerprint density at radius 2 is 2.33 bits per heavy atom. The molecule has 2 unspecified atom stereocenters. The van der Waals surface area contributed by atoms with Crippen LogP contribution in [0.15, 0.2) is 12.4 Å². The highest BCUT2D eigenvalue weighted by molar-refractivity contribution is 5.78. The van der Waals surface area contributed by atoms with Crippen molar-refractivity contribution in [3.8, 4) is 0 Å². The van der Waals surface area contributed by atoms with Crippen molar-refractivity contribution in [2.24, 2.45) is 18.7 Å². The highest BCUT2D eigenvalue weighted by Gasteiger charge is 2.15. The number of hydrogen-bond donors (Lipinski definition) is 2. The Hall–Kier alpha value is -1.36. The van der Waals surface area contributed by atoms with Gasteiger partial charge in [-0.1, -0.05) is 6.92 Å². The molecule has 3 N–H and O–H groups in total. The molecule has 0 fully saturated rings. The normalized spacial score (nSPS) is 14.7. The summed E-state index contributed by atoms with van der Waals surface area (Å²) < 4.78 is 1.71. The summed E-state index contributed by atoms with van der Waals surface area (Å²) in [6, 6.07) is -0.0276. The van der Waals surface area contributed by atoms with Crippen LogP contribution in [0.1, 0.15) is 25.5 Å². The maximum atomic E-state index is 11.5. The first-order chi connectivity index (χ1) is 7.04. The number of hydrogen-bond acceptors (Lipinski definition) is 3. The molecule has 2 atom stereocenters. The Kier molecular flexibility index (Phi) is 3.85. The summed E-state index contributed by atoms with van der Waals surface area (Å²) in [5.41, 5.74) is 6.41. The van der Waals surface area contributed by atoms with Crippen molar-refractivity contribution in [2.75, 3.05) is 6.54 Å². The smallest absolute Gasteiger partial charge is 0.224 e. The minimum atomic E-state index is -0.149. The number of rotatable bonds is 4. The van der Waals surface area contributed by atoms with E-state index in [0.29, 0.717) is 6.54 Å². The first kappa shape index (κ1) is 11.7. The zero-order valence-corrected chi connectivity index (χ0v) is 9.40. The first-order valence-corrected chi connectivity index (χ1v) is 5.03. The predicted octanol–water partition coefficient (Wildman–Crippen LogP) is 0.192. The van der Waals surface area contributed by atoms with Crippen LogP contribution in [0.25, 0.3) is 0 Å². The van der Waals surface area contributed by atoms with Crippen LogP contribution in [0.4, 0.5) is 0 Å². The summed E-state index contributed by atoms with van der Waals surface area (Å²) >= 11 is 0. The Balaban J connectivity index is 2.56. The van der Waals surface area contributed by atoms with E-state index in [1.54, 1.807) is 10.9 Å². The molecule has 5 nitrogen and oxygen atoms in total. The third kappa shape index (κ3) is 3.06. The summed E-state index contributed by atoms with van der Waals surface area (Å²) in [7, 11) is 1.85. The molecule has 1 heterocycles. The quantitative estimate of drug-likeness (QED) is 0.745. The van der Waals surface area contributed by atoms with Crippen LogP contribution < -0.4 is 11.1 Å². The molecule has 5 heteroatoms. The summed E-state index contributed by atoms with van der Waals surface area (Å²) in [5.74, 6) is -0.169. The Bertz CT molecular complexity index is 334. The minimum Gasteiger partial charge on any atom is -0.349 e. The van der Waals surface area contributed by atoms with E-state index in [1.165, 1.54) is 0 Å². The maximum absolute atomic E-state index is 11.5. The van der Waals surface area contributed by atoms with Gasteiger partial charge in [0.25, 0.3) is 0 Å². The minimum absolute atomic E-state index is 0.0196. The van der Waals surface area contributed by atoms with Gasteiger partial charge in [0.05, 0.1) is 12.2 Å². The van der Waals surface area contributed by atoms with Crippen molar-refractivity contribution in [3.05, 3.63) is 18.0 Å². The number of carbonyl (C=O) groups excluding carboxylic acids is 1. The van der Waals surface area contributed by atoms with Crippen molar-refractivity contribution in [3.63, 3.8) is 0 Å². The van der Waals surface area contributed by atoms with E-state index >= 15 is 0 Å². The van der Waals surface area contributed by atoms with Crippen LogP contribution in [0.2, 0.25) is 0 Å². The van der Waals surface area contributed by atoms with Gasteiger partial charge >= 0.3 is 0 Å². The second kappa shape index (κ2) is 4.93. The molecule has 0 spiro atoms. The van der Waals surface area contributed by atoms with Gasteiger partial charge in [-0.25, -0.2) is 0 Å². The fraction of sp³-hybridized carbons (Fsp3) is 0.600. The van der Waals surface area contributed by atoms with E-state index in [2.05, 4.69) is 10.4 Å². The van der Waals surface area contributed by atoms with Gasteiger partial charge in [0.2, 0.25) is 5.91 Å².